The minimum Gasteiger partial charge on any atom is -0.377 e. The van der Waals surface area contributed by atoms with Gasteiger partial charge in [-0.15, -0.1) is 0 Å². The zero-order valence-electron chi connectivity index (χ0n) is 12.0. The summed E-state index contributed by atoms with van der Waals surface area (Å²) in [5, 5.41) is 0. The van der Waals surface area contributed by atoms with Gasteiger partial charge in [0.25, 0.3) is 0 Å². The summed E-state index contributed by atoms with van der Waals surface area (Å²) < 4.78 is 34.8. The summed E-state index contributed by atoms with van der Waals surface area (Å²) in [5.41, 5.74) is 6.44. The fourth-order valence-electron chi connectivity index (χ4n) is 2.52. The summed E-state index contributed by atoms with van der Waals surface area (Å²) in [5.74, 6) is 0. The number of nitrogens with two attached hydrogens (primary N) is 1. The second-order valence-electron chi connectivity index (χ2n) is 5.12. The molecule has 2 rings (SSSR count). The summed E-state index contributed by atoms with van der Waals surface area (Å²) in [6.45, 7) is 5.53. The van der Waals surface area contributed by atoms with Gasteiger partial charge in [-0.25, -0.2) is 13.1 Å². The first-order chi connectivity index (χ1) is 9.47. The van der Waals surface area contributed by atoms with Gasteiger partial charge in [0.15, 0.2) is 0 Å². The summed E-state index contributed by atoms with van der Waals surface area (Å²) >= 11 is 0. The maximum absolute atomic E-state index is 12.4. The van der Waals surface area contributed by atoms with E-state index in [1.165, 1.54) is 0 Å². The number of hydrogen-bond acceptors (Lipinski definition) is 4. The zero-order valence-corrected chi connectivity index (χ0v) is 12.8. The highest BCUT2D eigenvalue weighted by molar-refractivity contribution is 7.89. The lowest BCUT2D eigenvalue weighted by atomic mass is 10.1. The van der Waals surface area contributed by atoms with Crippen LogP contribution in [0.25, 0.3) is 0 Å². The molecule has 3 N–H and O–H groups in total. The minimum atomic E-state index is -3.53. The van der Waals surface area contributed by atoms with E-state index in [0.29, 0.717) is 19.7 Å². The fraction of sp³-hybridized carbons (Fsp3) is 0.692. The van der Waals surface area contributed by atoms with Crippen molar-refractivity contribution in [2.75, 3.05) is 6.61 Å². The highest BCUT2D eigenvalue weighted by atomic mass is 32.2. The maximum atomic E-state index is 12.4. The molecule has 1 aliphatic rings. The van der Waals surface area contributed by atoms with Crippen molar-refractivity contribution in [3.8, 4) is 0 Å². The Kier molecular flexibility index (Phi) is 4.85. The molecular weight excluding hydrogens is 278 g/mol. The van der Waals surface area contributed by atoms with E-state index in [0.717, 1.165) is 18.5 Å². The van der Waals surface area contributed by atoms with E-state index in [9.17, 15) is 8.42 Å². The lowest BCUT2D eigenvalue weighted by Gasteiger charge is -2.19. The largest absolute Gasteiger partial charge is 0.377 e. The van der Waals surface area contributed by atoms with Crippen LogP contribution in [0.1, 0.15) is 32.4 Å². The molecule has 114 valence electrons. The Bertz CT molecular complexity index is 526. The first-order valence-corrected chi connectivity index (χ1v) is 8.49. The van der Waals surface area contributed by atoms with Gasteiger partial charge in [-0.1, -0.05) is 0 Å². The lowest BCUT2D eigenvalue weighted by Crippen LogP contribution is -2.40. The molecule has 0 saturated carbocycles. The molecule has 1 aromatic heterocycles. The third-order valence-corrected chi connectivity index (χ3v) is 5.21. The zero-order chi connectivity index (χ0) is 14.8. The molecule has 2 atom stereocenters. The SMILES string of the molecule is CCn1cc(S(=O)(=O)NC(C)C2CCCO2)cc1CN. The van der Waals surface area contributed by atoms with Crippen LogP contribution < -0.4 is 10.5 Å². The van der Waals surface area contributed by atoms with E-state index >= 15 is 0 Å². The van der Waals surface area contributed by atoms with Crippen molar-refractivity contribution in [3.05, 3.63) is 18.0 Å². The molecule has 0 amide bonds. The molecule has 2 heterocycles. The molecule has 2 unspecified atom stereocenters. The van der Waals surface area contributed by atoms with E-state index in [1.54, 1.807) is 12.3 Å². The number of hydrogen-bond donors (Lipinski definition) is 2. The molecular formula is C13H23N3O3S. The smallest absolute Gasteiger partial charge is 0.242 e. The first kappa shape index (κ1) is 15.5. The molecule has 0 bridgehead atoms. The van der Waals surface area contributed by atoms with E-state index < -0.39 is 10.0 Å². The Morgan fingerprint density at radius 3 is 2.85 bits per heavy atom. The highest BCUT2D eigenvalue weighted by Crippen LogP contribution is 2.19. The van der Waals surface area contributed by atoms with E-state index in [-0.39, 0.29) is 17.0 Å². The Balaban J connectivity index is 2.15. The monoisotopic (exact) mass is 301 g/mol. The summed E-state index contributed by atoms with van der Waals surface area (Å²) in [6, 6.07) is 1.41. The molecule has 0 aliphatic carbocycles. The fourth-order valence-corrected chi connectivity index (χ4v) is 3.86. The number of aryl methyl sites for hydroxylation is 1. The van der Waals surface area contributed by atoms with Crippen LogP contribution >= 0.6 is 0 Å². The summed E-state index contributed by atoms with van der Waals surface area (Å²) in [4.78, 5) is 0.268. The van der Waals surface area contributed by atoms with Gasteiger partial charge < -0.3 is 15.0 Å². The maximum Gasteiger partial charge on any atom is 0.242 e. The molecule has 1 aliphatic heterocycles. The van der Waals surface area contributed by atoms with Crippen LogP contribution in [-0.2, 0) is 27.8 Å². The normalized spacial score (nSPS) is 21.2. The van der Waals surface area contributed by atoms with Crippen LogP contribution in [0.5, 0.6) is 0 Å². The van der Waals surface area contributed by atoms with Crippen molar-refractivity contribution in [1.82, 2.24) is 9.29 Å². The minimum absolute atomic E-state index is 0.0352. The van der Waals surface area contributed by atoms with Crippen LogP contribution in [0, 0.1) is 0 Å². The Morgan fingerprint density at radius 2 is 2.35 bits per heavy atom. The van der Waals surface area contributed by atoms with Crippen molar-refractivity contribution >= 4 is 10.0 Å². The predicted molar refractivity (Wildman–Crippen MR) is 76.8 cm³/mol. The van der Waals surface area contributed by atoms with Crippen LogP contribution in [0.2, 0.25) is 0 Å². The van der Waals surface area contributed by atoms with Crippen LogP contribution in [0.15, 0.2) is 17.2 Å². The number of aromatic nitrogens is 1. The van der Waals surface area contributed by atoms with Gasteiger partial charge in [0.05, 0.1) is 11.0 Å². The molecule has 7 heteroatoms. The Morgan fingerprint density at radius 1 is 1.60 bits per heavy atom. The summed E-state index contributed by atoms with van der Waals surface area (Å²) in [6.07, 6.45) is 3.48. The number of ether oxygens (including phenoxy) is 1. The van der Waals surface area contributed by atoms with E-state index in [4.69, 9.17) is 10.5 Å². The number of sulfonamides is 1. The Labute approximate surface area is 120 Å². The molecule has 1 aromatic rings. The second-order valence-corrected chi connectivity index (χ2v) is 6.83. The molecule has 20 heavy (non-hydrogen) atoms. The van der Waals surface area contributed by atoms with Crippen molar-refractivity contribution in [2.24, 2.45) is 5.73 Å². The average molecular weight is 301 g/mol. The van der Waals surface area contributed by atoms with Gasteiger partial charge in [0.1, 0.15) is 0 Å². The van der Waals surface area contributed by atoms with Gasteiger partial charge in [-0.3, -0.25) is 0 Å². The van der Waals surface area contributed by atoms with E-state index in [1.807, 2.05) is 18.4 Å². The van der Waals surface area contributed by atoms with Crippen molar-refractivity contribution in [1.29, 1.82) is 0 Å². The van der Waals surface area contributed by atoms with Crippen molar-refractivity contribution < 1.29 is 13.2 Å². The summed E-state index contributed by atoms with van der Waals surface area (Å²) in [7, 11) is -3.53. The van der Waals surface area contributed by atoms with Gasteiger partial charge in [-0.05, 0) is 32.8 Å². The first-order valence-electron chi connectivity index (χ1n) is 7.01. The predicted octanol–water partition coefficient (Wildman–Crippen LogP) is 0.812. The number of nitrogens with one attached hydrogen (secondary N) is 1. The van der Waals surface area contributed by atoms with Gasteiger partial charge in [-0.2, -0.15) is 0 Å². The van der Waals surface area contributed by atoms with Gasteiger partial charge >= 0.3 is 0 Å². The van der Waals surface area contributed by atoms with Gasteiger partial charge in [0.2, 0.25) is 10.0 Å². The number of nitrogens with zero attached hydrogens (tertiary/aromatic N) is 1. The quantitative estimate of drug-likeness (QED) is 0.814. The third-order valence-electron chi connectivity index (χ3n) is 3.68. The molecule has 0 spiro atoms. The lowest BCUT2D eigenvalue weighted by molar-refractivity contribution is 0.0902. The van der Waals surface area contributed by atoms with Crippen LogP contribution in [0.3, 0.4) is 0 Å². The highest BCUT2D eigenvalue weighted by Gasteiger charge is 2.27. The third kappa shape index (κ3) is 3.22. The number of rotatable bonds is 6. The average Bonchev–Trinajstić information content (AvgIpc) is 3.07. The molecule has 0 aromatic carbocycles. The molecule has 1 fully saturated rings. The van der Waals surface area contributed by atoms with E-state index in [2.05, 4.69) is 4.72 Å². The molecule has 6 nitrogen and oxygen atoms in total. The van der Waals surface area contributed by atoms with Crippen molar-refractivity contribution in [3.63, 3.8) is 0 Å². The second kappa shape index (κ2) is 6.26. The molecule has 1 saturated heterocycles. The Hall–Kier alpha value is -0.890. The topological polar surface area (TPSA) is 86.3 Å². The molecule has 0 radical (unpaired) electrons. The van der Waals surface area contributed by atoms with Crippen LogP contribution in [0.4, 0.5) is 0 Å². The van der Waals surface area contributed by atoms with Gasteiger partial charge in [0, 0.05) is 37.6 Å². The standard InChI is InChI=1S/C13H23N3O3S/c1-3-16-9-12(7-11(16)8-14)20(17,18)15-10(2)13-5-4-6-19-13/h7,9-10,13,15H,3-6,8,14H2,1-2H3. The van der Waals surface area contributed by atoms with Crippen molar-refractivity contribution in [2.45, 2.75) is 56.8 Å². The van der Waals surface area contributed by atoms with Crippen LogP contribution in [-0.4, -0.2) is 31.7 Å².